The molecule has 0 amide bonds. The summed E-state index contributed by atoms with van der Waals surface area (Å²) in [6.07, 6.45) is 10.2. The Morgan fingerprint density at radius 3 is 2.32 bits per heavy atom. The average molecular weight is 256 g/mol. The maximum absolute atomic E-state index is 6.59. The van der Waals surface area contributed by atoms with E-state index in [9.17, 15) is 0 Å². The van der Waals surface area contributed by atoms with Gasteiger partial charge in [0.05, 0.1) is 0 Å². The maximum Gasteiger partial charge on any atom is 0.0419 e. The number of hydrogen-bond donors (Lipinski definition) is 1. The van der Waals surface area contributed by atoms with E-state index in [1.54, 1.807) is 0 Å². The molecular weight excluding hydrogens is 232 g/mol. The van der Waals surface area contributed by atoms with Gasteiger partial charge >= 0.3 is 0 Å². The second kappa shape index (κ2) is 4.59. The number of pyridine rings is 1. The third-order valence-corrected chi connectivity index (χ3v) is 5.97. The Morgan fingerprint density at radius 2 is 1.74 bits per heavy atom. The van der Waals surface area contributed by atoms with Gasteiger partial charge in [-0.25, -0.2) is 0 Å². The van der Waals surface area contributed by atoms with Crippen LogP contribution in [0.5, 0.6) is 0 Å². The van der Waals surface area contributed by atoms with Crippen molar-refractivity contribution in [1.29, 1.82) is 0 Å². The predicted octanol–water partition coefficient (Wildman–Crippen LogP) is 3.02. The molecular formula is C17H24N2. The lowest BCUT2D eigenvalue weighted by Crippen LogP contribution is -2.52. The van der Waals surface area contributed by atoms with Crippen LogP contribution in [-0.2, 0) is 6.42 Å². The van der Waals surface area contributed by atoms with Crippen LogP contribution in [0.15, 0.2) is 24.4 Å². The summed E-state index contributed by atoms with van der Waals surface area (Å²) < 4.78 is 0. The molecule has 0 spiro atoms. The molecule has 1 atom stereocenters. The standard InChI is InChI=1S/C17H24N2/c18-16(10-15-3-1-2-4-19-15)17-13-6-11-5-12(8-13)9-14(17)7-11/h1-4,11-14,16-17H,5-10,18H2. The van der Waals surface area contributed by atoms with Crippen LogP contribution < -0.4 is 5.73 Å². The molecule has 4 saturated carbocycles. The van der Waals surface area contributed by atoms with Crippen molar-refractivity contribution in [3.8, 4) is 0 Å². The molecule has 4 bridgehead atoms. The van der Waals surface area contributed by atoms with Crippen LogP contribution in [0.4, 0.5) is 0 Å². The molecule has 2 N–H and O–H groups in total. The number of rotatable bonds is 3. The van der Waals surface area contributed by atoms with Gasteiger partial charge in [-0.3, -0.25) is 4.98 Å². The molecule has 19 heavy (non-hydrogen) atoms. The van der Waals surface area contributed by atoms with E-state index < -0.39 is 0 Å². The molecule has 1 aromatic rings. The molecule has 0 saturated heterocycles. The van der Waals surface area contributed by atoms with Crippen molar-refractivity contribution in [3.63, 3.8) is 0 Å². The quantitative estimate of drug-likeness (QED) is 0.903. The Morgan fingerprint density at radius 1 is 1.05 bits per heavy atom. The van der Waals surface area contributed by atoms with Crippen LogP contribution in [0, 0.1) is 29.6 Å². The van der Waals surface area contributed by atoms with E-state index in [0.29, 0.717) is 6.04 Å². The summed E-state index contributed by atoms with van der Waals surface area (Å²) in [6, 6.07) is 6.50. The zero-order chi connectivity index (χ0) is 12.8. The zero-order valence-corrected chi connectivity index (χ0v) is 11.5. The summed E-state index contributed by atoms with van der Waals surface area (Å²) >= 11 is 0. The Kier molecular flexibility index (Phi) is 2.87. The van der Waals surface area contributed by atoms with Crippen LogP contribution in [0.2, 0.25) is 0 Å². The first-order valence-corrected chi connectivity index (χ1v) is 7.95. The van der Waals surface area contributed by atoms with Crippen molar-refractivity contribution < 1.29 is 0 Å². The smallest absolute Gasteiger partial charge is 0.0419 e. The number of aromatic nitrogens is 1. The second-order valence-corrected chi connectivity index (χ2v) is 7.20. The van der Waals surface area contributed by atoms with Crippen molar-refractivity contribution in [1.82, 2.24) is 4.98 Å². The molecule has 0 aromatic carbocycles. The van der Waals surface area contributed by atoms with Gasteiger partial charge in [-0.2, -0.15) is 0 Å². The molecule has 2 heteroatoms. The highest BCUT2D eigenvalue weighted by atomic mass is 14.7. The minimum atomic E-state index is 0.324. The second-order valence-electron chi connectivity index (χ2n) is 7.20. The number of hydrogen-bond acceptors (Lipinski definition) is 2. The number of nitrogens with zero attached hydrogens (tertiary/aromatic N) is 1. The van der Waals surface area contributed by atoms with Crippen LogP contribution >= 0.6 is 0 Å². The predicted molar refractivity (Wildman–Crippen MR) is 76.5 cm³/mol. The van der Waals surface area contributed by atoms with Crippen molar-refractivity contribution in [3.05, 3.63) is 30.1 Å². The van der Waals surface area contributed by atoms with Gasteiger partial charge < -0.3 is 5.73 Å². The fourth-order valence-corrected chi connectivity index (χ4v) is 5.56. The summed E-state index contributed by atoms with van der Waals surface area (Å²) in [4.78, 5) is 4.45. The van der Waals surface area contributed by atoms with E-state index in [2.05, 4.69) is 17.1 Å². The molecule has 4 fully saturated rings. The largest absolute Gasteiger partial charge is 0.327 e. The lowest BCUT2D eigenvalue weighted by atomic mass is 9.50. The van der Waals surface area contributed by atoms with Gasteiger partial charge in [0.15, 0.2) is 0 Å². The van der Waals surface area contributed by atoms with Crippen molar-refractivity contribution in [2.75, 3.05) is 0 Å². The van der Waals surface area contributed by atoms with Gasteiger partial charge in [-0.05, 0) is 73.8 Å². The first-order chi connectivity index (χ1) is 9.29. The highest BCUT2D eigenvalue weighted by Gasteiger charge is 2.49. The minimum Gasteiger partial charge on any atom is -0.327 e. The fraction of sp³-hybridized carbons (Fsp3) is 0.706. The average Bonchev–Trinajstić information content (AvgIpc) is 2.38. The van der Waals surface area contributed by atoms with Gasteiger partial charge in [0, 0.05) is 24.4 Å². The molecule has 5 rings (SSSR count). The first kappa shape index (κ1) is 11.9. The Balaban J connectivity index is 1.50. The van der Waals surface area contributed by atoms with Gasteiger partial charge in [-0.1, -0.05) is 6.07 Å². The Labute approximate surface area is 115 Å². The normalized spacial score (nSPS) is 41.4. The summed E-state index contributed by atoms with van der Waals surface area (Å²) in [5, 5.41) is 0. The van der Waals surface area contributed by atoms with E-state index in [4.69, 9.17) is 5.73 Å². The van der Waals surface area contributed by atoms with Crippen molar-refractivity contribution in [2.45, 2.75) is 44.6 Å². The zero-order valence-electron chi connectivity index (χ0n) is 11.5. The molecule has 1 heterocycles. The number of nitrogens with two attached hydrogens (primary N) is 1. The van der Waals surface area contributed by atoms with E-state index in [1.807, 2.05) is 12.3 Å². The van der Waals surface area contributed by atoms with Crippen LogP contribution in [0.25, 0.3) is 0 Å². The van der Waals surface area contributed by atoms with Crippen LogP contribution in [0.1, 0.15) is 37.8 Å². The summed E-state index contributed by atoms with van der Waals surface area (Å²) in [6.45, 7) is 0. The van der Waals surface area contributed by atoms with E-state index in [-0.39, 0.29) is 0 Å². The third-order valence-electron chi connectivity index (χ3n) is 5.97. The van der Waals surface area contributed by atoms with Crippen LogP contribution in [-0.4, -0.2) is 11.0 Å². The molecule has 1 unspecified atom stereocenters. The summed E-state index contributed by atoms with van der Waals surface area (Å²) in [5.41, 5.74) is 7.76. The highest BCUT2D eigenvalue weighted by Crippen LogP contribution is 2.57. The molecule has 0 radical (unpaired) electrons. The lowest BCUT2D eigenvalue weighted by molar-refractivity contribution is -0.0465. The van der Waals surface area contributed by atoms with E-state index in [1.165, 1.54) is 37.8 Å². The lowest BCUT2D eigenvalue weighted by Gasteiger charge is -2.56. The SMILES string of the molecule is NC(Cc1ccccn1)C1C2CC3CC(C2)CC1C3. The molecule has 0 aliphatic heterocycles. The Bertz CT molecular complexity index is 414. The van der Waals surface area contributed by atoms with Gasteiger partial charge in [0.1, 0.15) is 0 Å². The van der Waals surface area contributed by atoms with E-state index in [0.717, 1.165) is 36.0 Å². The molecule has 2 nitrogen and oxygen atoms in total. The minimum absolute atomic E-state index is 0.324. The van der Waals surface area contributed by atoms with Crippen molar-refractivity contribution in [2.24, 2.45) is 35.3 Å². The molecule has 102 valence electrons. The van der Waals surface area contributed by atoms with E-state index >= 15 is 0 Å². The fourth-order valence-electron chi connectivity index (χ4n) is 5.56. The van der Waals surface area contributed by atoms with Gasteiger partial charge in [0.2, 0.25) is 0 Å². The highest BCUT2D eigenvalue weighted by molar-refractivity contribution is 5.08. The van der Waals surface area contributed by atoms with Crippen molar-refractivity contribution >= 4 is 0 Å². The van der Waals surface area contributed by atoms with Gasteiger partial charge in [-0.15, -0.1) is 0 Å². The first-order valence-electron chi connectivity index (χ1n) is 7.95. The third kappa shape index (κ3) is 2.10. The Hall–Kier alpha value is -0.890. The molecule has 4 aliphatic rings. The topological polar surface area (TPSA) is 38.9 Å². The molecule has 4 aliphatic carbocycles. The summed E-state index contributed by atoms with van der Waals surface area (Å²) in [5.74, 6) is 4.71. The summed E-state index contributed by atoms with van der Waals surface area (Å²) in [7, 11) is 0. The molecule has 1 aromatic heterocycles. The maximum atomic E-state index is 6.59. The monoisotopic (exact) mass is 256 g/mol. The van der Waals surface area contributed by atoms with Crippen LogP contribution in [0.3, 0.4) is 0 Å². The van der Waals surface area contributed by atoms with Gasteiger partial charge in [0.25, 0.3) is 0 Å².